The van der Waals surface area contributed by atoms with Crippen molar-refractivity contribution in [2.45, 2.75) is 38.8 Å². The molecular formula is C26H30N4O3. The average Bonchev–Trinajstić information content (AvgIpc) is 2.86. The minimum Gasteiger partial charge on any atom is -0.341 e. The lowest BCUT2D eigenvalue weighted by atomic mass is 10.0. The zero-order chi connectivity index (χ0) is 23.2. The lowest BCUT2D eigenvalue weighted by Crippen LogP contribution is -2.53. The number of amides is 2. The number of hydrogen-bond donors (Lipinski definition) is 1. The van der Waals surface area contributed by atoms with Crippen molar-refractivity contribution in [3.63, 3.8) is 0 Å². The summed E-state index contributed by atoms with van der Waals surface area (Å²) in [6.07, 6.45) is 4.24. The van der Waals surface area contributed by atoms with E-state index in [1.807, 2.05) is 48.4 Å². The molecule has 1 N–H and O–H groups in total. The molecule has 1 aliphatic heterocycles. The third kappa shape index (κ3) is 5.31. The fraction of sp³-hybridized carbons (Fsp3) is 0.346. The van der Waals surface area contributed by atoms with Crippen LogP contribution in [-0.2, 0) is 16.1 Å². The Morgan fingerprint density at radius 1 is 1.18 bits per heavy atom. The quantitative estimate of drug-likeness (QED) is 0.420. The number of rotatable bonds is 8. The van der Waals surface area contributed by atoms with Gasteiger partial charge in [-0.15, -0.1) is 0 Å². The molecule has 2 amide bonds. The van der Waals surface area contributed by atoms with Gasteiger partial charge in [0.2, 0.25) is 6.41 Å². The maximum Gasteiger partial charge on any atom is 0.254 e. The summed E-state index contributed by atoms with van der Waals surface area (Å²) in [5.74, 6) is -0.0181. The molecule has 1 fully saturated rings. The Hall–Kier alpha value is -3.45. The highest BCUT2D eigenvalue weighted by molar-refractivity contribution is 5.95. The van der Waals surface area contributed by atoms with Crippen LogP contribution in [0.1, 0.15) is 36.2 Å². The molecule has 2 heterocycles. The van der Waals surface area contributed by atoms with Crippen molar-refractivity contribution in [1.82, 2.24) is 14.8 Å². The number of carbonyl (C=O) groups is 2. The van der Waals surface area contributed by atoms with Crippen molar-refractivity contribution >= 4 is 28.9 Å². The summed E-state index contributed by atoms with van der Waals surface area (Å²) in [6, 6.07) is 17.5. The van der Waals surface area contributed by atoms with Gasteiger partial charge in [0.1, 0.15) is 0 Å². The van der Waals surface area contributed by atoms with Crippen LogP contribution in [0.4, 0.5) is 5.69 Å². The lowest BCUT2D eigenvalue weighted by Gasteiger charge is -2.38. The molecule has 1 aliphatic rings. The van der Waals surface area contributed by atoms with Crippen molar-refractivity contribution < 1.29 is 14.4 Å². The number of piperazine rings is 1. The Bertz CT molecular complexity index is 1100. The molecule has 1 aromatic heterocycles. The first-order chi connectivity index (χ1) is 16.1. The number of benzene rings is 2. The second-order valence-corrected chi connectivity index (χ2v) is 8.47. The molecule has 1 unspecified atom stereocenters. The summed E-state index contributed by atoms with van der Waals surface area (Å²) < 4.78 is 0. The first kappa shape index (κ1) is 22.7. The van der Waals surface area contributed by atoms with E-state index in [1.165, 1.54) is 0 Å². The highest BCUT2D eigenvalue weighted by atomic mass is 16.7. The third-order valence-electron chi connectivity index (χ3n) is 6.16. The van der Waals surface area contributed by atoms with Crippen LogP contribution in [0, 0.1) is 0 Å². The molecule has 2 atom stereocenters. The fourth-order valence-electron chi connectivity index (χ4n) is 4.23. The molecule has 0 bridgehead atoms. The van der Waals surface area contributed by atoms with Crippen molar-refractivity contribution in [3.05, 3.63) is 71.9 Å². The summed E-state index contributed by atoms with van der Waals surface area (Å²) in [7, 11) is 0. The number of para-hydroxylation sites is 1. The van der Waals surface area contributed by atoms with Crippen molar-refractivity contribution in [2.75, 3.05) is 25.1 Å². The van der Waals surface area contributed by atoms with E-state index < -0.39 is 0 Å². The van der Waals surface area contributed by atoms with E-state index in [1.54, 1.807) is 4.90 Å². The zero-order valence-electron chi connectivity index (χ0n) is 19.1. The number of aromatic nitrogens is 1. The Kier molecular flexibility index (Phi) is 7.19. The second-order valence-electron chi connectivity index (χ2n) is 8.47. The molecule has 0 aliphatic carbocycles. The minimum absolute atomic E-state index is 0.00791. The molecule has 0 spiro atoms. The monoisotopic (exact) mass is 446 g/mol. The van der Waals surface area contributed by atoms with Gasteiger partial charge in [-0.3, -0.25) is 24.9 Å². The van der Waals surface area contributed by atoms with Gasteiger partial charge in [-0.25, -0.2) is 0 Å². The maximum atomic E-state index is 12.9. The van der Waals surface area contributed by atoms with Crippen molar-refractivity contribution in [3.8, 4) is 0 Å². The standard InChI is InChI=1S/C26H30N4O3/c1-3-24(16-22-7-4-6-20-8-5-13-27-25(20)22)33-28-23-11-9-21(10-12-23)26(32)30-15-14-29(18-31)17-19(30)2/h4-13,18-19,24,28H,3,14-17H2,1-2H3/t19-,24?/m1/s1. The van der Waals surface area contributed by atoms with E-state index in [9.17, 15) is 9.59 Å². The first-order valence-electron chi connectivity index (χ1n) is 11.4. The summed E-state index contributed by atoms with van der Waals surface area (Å²) in [5.41, 5.74) is 6.62. The molecule has 0 radical (unpaired) electrons. The number of fused-ring (bicyclic) bond motifs is 1. The Balaban J connectivity index is 1.35. The van der Waals surface area contributed by atoms with Crippen LogP contribution in [0.5, 0.6) is 0 Å². The van der Waals surface area contributed by atoms with Gasteiger partial charge in [0.25, 0.3) is 5.91 Å². The van der Waals surface area contributed by atoms with Crippen LogP contribution in [0.2, 0.25) is 0 Å². The summed E-state index contributed by atoms with van der Waals surface area (Å²) in [4.78, 5) is 37.9. The number of nitrogens with one attached hydrogen (secondary N) is 1. The number of pyridine rings is 1. The minimum atomic E-state index is -0.0196. The van der Waals surface area contributed by atoms with Gasteiger partial charge >= 0.3 is 0 Å². The Morgan fingerprint density at radius 2 is 1.97 bits per heavy atom. The van der Waals surface area contributed by atoms with E-state index in [-0.39, 0.29) is 18.1 Å². The topological polar surface area (TPSA) is 74.8 Å². The predicted octanol–water partition coefficient (Wildman–Crippen LogP) is 3.90. The van der Waals surface area contributed by atoms with Crippen LogP contribution in [0.25, 0.3) is 10.9 Å². The largest absolute Gasteiger partial charge is 0.341 e. The smallest absolute Gasteiger partial charge is 0.254 e. The zero-order valence-corrected chi connectivity index (χ0v) is 19.1. The number of nitrogens with zero attached hydrogens (tertiary/aromatic N) is 3. The molecule has 0 saturated carbocycles. The Labute approximate surface area is 194 Å². The maximum absolute atomic E-state index is 12.9. The van der Waals surface area contributed by atoms with E-state index in [4.69, 9.17) is 4.84 Å². The van der Waals surface area contributed by atoms with E-state index in [2.05, 4.69) is 41.7 Å². The van der Waals surface area contributed by atoms with Gasteiger partial charge in [0, 0.05) is 49.2 Å². The molecular weight excluding hydrogens is 416 g/mol. The molecule has 4 rings (SSSR count). The number of hydrogen-bond acceptors (Lipinski definition) is 5. The van der Waals surface area contributed by atoms with Crippen LogP contribution in [-0.4, -0.2) is 58.9 Å². The average molecular weight is 447 g/mol. The highest BCUT2D eigenvalue weighted by Gasteiger charge is 2.27. The normalized spacial score (nSPS) is 17.1. The van der Waals surface area contributed by atoms with Gasteiger partial charge in [-0.05, 0) is 49.2 Å². The van der Waals surface area contributed by atoms with Crippen LogP contribution in [0.15, 0.2) is 60.8 Å². The van der Waals surface area contributed by atoms with Gasteiger partial charge in [0.05, 0.1) is 17.3 Å². The highest BCUT2D eigenvalue weighted by Crippen LogP contribution is 2.20. The summed E-state index contributed by atoms with van der Waals surface area (Å²) in [6.45, 7) is 5.74. The molecule has 33 heavy (non-hydrogen) atoms. The second kappa shape index (κ2) is 10.4. The molecule has 7 nitrogen and oxygen atoms in total. The number of carbonyl (C=O) groups excluding carboxylic acids is 2. The van der Waals surface area contributed by atoms with Crippen molar-refractivity contribution in [2.24, 2.45) is 0 Å². The first-order valence-corrected chi connectivity index (χ1v) is 11.4. The van der Waals surface area contributed by atoms with Gasteiger partial charge < -0.3 is 9.80 Å². The Morgan fingerprint density at radius 3 is 2.70 bits per heavy atom. The predicted molar refractivity (Wildman–Crippen MR) is 129 cm³/mol. The van der Waals surface area contributed by atoms with Crippen LogP contribution >= 0.6 is 0 Å². The van der Waals surface area contributed by atoms with Gasteiger partial charge in [-0.2, -0.15) is 0 Å². The molecule has 1 saturated heterocycles. The summed E-state index contributed by atoms with van der Waals surface area (Å²) >= 11 is 0. The molecule has 3 aromatic rings. The molecule has 7 heteroatoms. The molecule has 172 valence electrons. The fourth-order valence-corrected chi connectivity index (χ4v) is 4.23. The third-order valence-corrected chi connectivity index (χ3v) is 6.16. The van der Waals surface area contributed by atoms with Crippen LogP contribution in [0.3, 0.4) is 0 Å². The number of anilines is 1. The lowest BCUT2D eigenvalue weighted by molar-refractivity contribution is -0.120. The van der Waals surface area contributed by atoms with E-state index >= 15 is 0 Å². The van der Waals surface area contributed by atoms with Gasteiger partial charge in [-0.1, -0.05) is 31.2 Å². The van der Waals surface area contributed by atoms with Crippen LogP contribution < -0.4 is 5.48 Å². The van der Waals surface area contributed by atoms with Crippen molar-refractivity contribution in [1.29, 1.82) is 0 Å². The van der Waals surface area contributed by atoms with E-state index in [0.29, 0.717) is 25.2 Å². The van der Waals surface area contributed by atoms with E-state index in [0.717, 1.165) is 41.4 Å². The summed E-state index contributed by atoms with van der Waals surface area (Å²) in [5, 5.41) is 1.12. The molecule has 2 aromatic carbocycles. The van der Waals surface area contributed by atoms with Gasteiger partial charge in [0.15, 0.2) is 0 Å². The SMILES string of the molecule is CCC(Cc1cccc2cccnc12)ONc1ccc(C(=O)N2CCN(C=O)C[C@H]2C)cc1.